The van der Waals surface area contributed by atoms with Crippen molar-refractivity contribution in [1.82, 2.24) is 0 Å². The summed E-state index contributed by atoms with van der Waals surface area (Å²) in [4.78, 5) is 0. The molecule has 1 rings (SSSR count). The van der Waals surface area contributed by atoms with Crippen LogP contribution in [0.5, 0.6) is 0 Å². The van der Waals surface area contributed by atoms with E-state index >= 15 is 0 Å². The molecular weight excluding hydrogens is 128 g/mol. The van der Waals surface area contributed by atoms with Crippen molar-refractivity contribution in [2.45, 2.75) is 6.10 Å². The van der Waals surface area contributed by atoms with Crippen LogP contribution in [0.2, 0.25) is 0 Å². The van der Waals surface area contributed by atoms with Crippen LogP contribution in [-0.4, -0.2) is 19.2 Å². The molecule has 10 heavy (non-hydrogen) atoms. The van der Waals surface area contributed by atoms with Crippen molar-refractivity contribution < 1.29 is 4.74 Å². The van der Waals surface area contributed by atoms with Crippen LogP contribution in [0.25, 0.3) is 0 Å². The Hall–Kier alpha value is -0.800. The van der Waals surface area contributed by atoms with Crippen molar-refractivity contribution in [3.8, 4) is 0 Å². The third-order valence-electron chi connectivity index (χ3n) is 1.34. The Morgan fingerprint density at radius 3 is 2.90 bits per heavy atom. The first kappa shape index (κ1) is 7.31. The number of hydrogen-bond acceptors (Lipinski definition) is 3. The van der Waals surface area contributed by atoms with E-state index in [1.165, 1.54) is 0 Å². The Kier molecular flexibility index (Phi) is 2.48. The molecule has 1 unspecified atom stereocenters. The quantitative estimate of drug-likeness (QED) is 0.555. The molecule has 3 heteroatoms. The molecule has 1 atom stereocenters. The van der Waals surface area contributed by atoms with Crippen molar-refractivity contribution in [1.29, 1.82) is 0 Å². The zero-order valence-electron chi connectivity index (χ0n) is 5.79. The number of ether oxygens (including phenoxy) is 1. The Morgan fingerprint density at radius 2 is 2.30 bits per heavy atom. The van der Waals surface area contributed by atoms with Gasteiger partial charge in [-0.05, 0) is 12.2 Å². The van der Waals surface area contributed by atoms with Crippen molar-refractivity contribution >= 4 is 0 Å². The van der Waals surface area contributed by atoms with Gasteiger partial charge in [0.1, 0.15) is 11.9 Å². The minimum absolute atomic E-state index is 0.0172. The second-order valence-electron chi connectivity index (χ2n) is 2.11. The smallest absolute Gasteiger partial charge is 0.129 e. The molecule has 1 heterocycles. The molecule has 0 radical (unpaired) electrons. The van der Waals surface area contributed by atoms with E-state index in [2.05, 4.69) is 0 Å². The number of rotatable bonds is 2. The summed E-state index contributed by atoms with van der Waals surface area (Å²) >= 11 is 0. The zero-order chi connectivity index (χ0) is 7.40. The normalized spacial score (nSPS) is 23.8. The zero-order valence-corrected chi connectivity index (χ0v) is 5.79. The molecule has 0 aromatic heterocycles. The van der Waals surface area contributed by atoms with Gasteiger partial charge in [0.2, 0.25) is 0 Å². The number of nitrogens with two attached hydrogens (primary N) is 2. The van der Waals surface area contributed by atoms with Gasteiger partial charge in [-0.3, -0.25) is 0 Å². The summed E-state index contributed by atoms with van der Waals surface area (Å²) in [6, 6.07) is 0. The Balaban J connectivity index is 2.50. The van der Waals surface area contributed by atoms with Crippen LogP contribution in [0.15, 0.2) is 24.0 Å². The molecular formula is C7H12N2O. The Bertz CT molecular complexity index is 163. The molecule has 0 aromatic carbocycles. The summed E-state index contributed by atoms with van der Waals surface area (Å²) < 4.78 is 5.31. The predicted octanol–water partition coefficient (Wildman–Crippen LogP) is -0.257. The summed E-state index contributed by atoms with van der Waals surface area (Å²) in [5, 5.41) is 0. The van der Waals surface area contributed by atoms with Crippen LogP contribution in [0.1, 0.15) is 0 Å². The lowest BCUT2D eigenvalue weighted by Crippen LogP contribution is -2.24. The molecule has 1 aliphatic heterocycles. The van der Waals surface area contributed by atoms with Crippen LogP contribution in [0, 0.1) is 0 Å². The van der Waals surface area contributed by atoms with E-state index in [1.807, 2.05) is 18.2 Å². The van der Waals surface area contributed by atoms with Crippen molar-refractivity contribution in [2.24, 2.45) is 11.5 Å². The van der Waals surface area contributed by atoms with Crippen molar-refractivity contribution in [3.63, 3.8) is 0 Å². The number of hydrogen-bond donors (Lipinski definition) is 2. The second-order valence-corrected chi connectivity index (χ2v) is 2.11. The molecule has 4 N–H and O–H groups in total. The van der Waals surface area contributed by atoms with Crippen LogP contribution in [0.4, 0.5) is 0 Å². The van der Waals surface area contributed by atoms with E-state index in [1.54, 1.807) is 0 Å². The van der Waals surface area contributed by atoms with Gasteiger partial charge < -0.3 is 16.2 Å². The first-order valence-electron chi connectivity index (χ1n) is 3.31. The van der Waals surface area contributed by atoms with Crippen LogP contribution in [0.3, 0.4) is 0 Å². The second kappa shape index (κ2) is 3.39. The summed E-state index contributed by atoms with van der Waals surface area (Å²) in [5.41, 5.74) is 10.7. The summed E-state index contributed by atoms with van der Waals surface area (Å²) in [6.45, 7) is 0.953. The van der Waals surface area contributed by atoms with E-state index in [4.69, 9.17) is 16.2 Å². The SMILES string of the molecule is NCC1=CC=CC(CN)O1. The fourth-order valence-corrected chi connectivity index (χ4v) is 0.803. The van der Waals surface area contributed by atoms with Gasteiger partial charge in [0, 0.05) is 6.54 Å². The highest BCUT2D eigenvalue weighted by Crippen LogP contribution is 2.07. The summed E-state index contributed by atoms with van der Waals surface area (Å²) in [6.07, 6.45) is 5.71. The van der Waals surface area contributed by atoms with E-state index in [0.29, 0.717) is 13.1 Å². The first-order valence-corrected chi connectivity index (χ1v) is 3.31. The molecule has 0 saturated heterocycles. The summed E-state index contributed by atoms with van der Waals surface area (Å²) in [5.74, 6) is 0.804. The van der Waals surface area contributed by atoms with Gasteiger partial charge in [0.05, 0.1) is 6.54 Å². The lowest BCUT2D eigenvalue weighted by Gasteiger charge is -2.17. The third-order valence-corrected chi connectivity index (χ3v) is 1.34. The van der Waals surface area contributed by atoms with E-state index in [-0.39, 0.29) is 6.10 Å². The number of allylic oxidation sites excluding steroid dienone is 2. The molecule has 0 saturated carbocycles. The molecule has 0 spiro atoms. The Morgan fingerprint density at radius 1 is 1.50 bits per heavy atom. The topological polar surface area (TPSA) is 61.3 Å². The largest absolute Gasteiger partial charge is 0.488 e. The maximum Gasteiger partial charge on any atom is 0.129 e. The highest BCUT2D eigenvalue weighted by atomic mass is 16.5. The predicted molar refractivity (Wildman–Crippen MR) is 40.2 cm³/mol. The molecule has 0 bridgehead atoms. The van der Waals surface area contributed by atoms with Gasteiger partial charge in [0.25, 0.3) is 0 Å². The lowest BCUT2D eigenvalue weighted by molar-refractivity contribution is 0.155. The van der Waals surface area contributed by atoms with Crippen molar-refractivity contribution in [2.75, 3.05) is 13.1 Å². The molecule has 3 nitrogen and oxygen atoms in total. The fourth-order valence-electron chi connectivity index (χ4n) is 0.803. The van der Waals surface area contributed by atoms with Gasteiger partial charge in [-0.1, -0.05) is 6.08 Å². The lowest BCUT2D eigenvalue weighted by atomic mass is 10.2. The van der Waals surface area contributed by atoms with Gasteiger partial charge in [-0.2, -0.15) is 0 Å². The maximum absolute atomic E-state index is 5.38. The molecule has 56 valence electrons. The van der Waals surface area contributed by atoms with Gasteiger partial charge in [-0.15, -0.1) is 0 Å². The highest BCUT2D eigenvalue weighted by molar-refractivity contribution is 5.15. The molecule has 0 fully saturated rings. The maximum atomic E-state index is 5.38. The standard InChI is InChI=1S/C7H12N2O/c8-4-6-2-1-3-7(5-9)10-6/h1-3,6H,4-5,8-9H2. The van der Waals surface area contributed by atoms with Crippen LogP contribution in [-0.2, 0) is 4.74 Å². The minimum Gasteiger partial charge on any atom is -0.488 e. The van der Waals surface area contributed by atoms with Crippen LogP contribution < -0.4 is 11.5 Å². The third kappa shape index (κ3) is 1.59. The molecule has 1 aliphatic rings. The molecule has 0 aliphatic carbocycles. The van der Waals surface area contributed by atoms with Crippen LogP contribution >= 0.6 is 0 Å². The fraction of sp³-hybridized carbons (Fsp3) is 0.429. The van der Waals surface area contributed by atoms with Crippen molar-refractivity contribution in [3.05, 3.63) is 24.0 Å². The molecule has 0 aromatic rings. The minimum atomic E-state index is 0.0172. The average Bonchev–Trinajstić information content (AvgIpc) is 2.05. The van der Waals surface area contributed by atoms with Gasteiger partial charge in [-0.25, -0.2) is 0 Å². The highest BCUT2D eigenvalue weighted by Gasteiger charge is 2.07. The van der Waals surface area contributed by atoms with Gasteiger partial charge >= 0.3 is 0 Å². The summed E-state index contributed by atoms with van der Waals surface area (Å²) in [7, 11) is 0. The first-order chi connectivity index (χ1) is 4.86. The average molecular weight is 140 g/mol. The van der Waals surface area contributed by atoms with E-state index in [0.717, 1.165) is 5.76 Å². The monoisotopic (exact) mass is 140 g/mol. The molecule has 0 amide bonds. The van der Waals surface area contributed by atoms with Gasteiger partial charge in [0.15, 0.2) is 0 Å². The Labute approximate surface area is 60.3 Å². The van der Waals surface area contributed by atoms with E-state index < -0.39 is 0 Å². The van der Waals surface area contributed by atoms with E-state index in [9.17, 15) is 0 Å².